The number of hydrogen-bond donors (Lipinski definition) is 2. The van der Waals surface area contributed by atoms with E-state index in [9.17, 15) is 4.79 Å². The van der Waals surface area contributed by atoms with Gasteiger partial charge in [0.15, 0.2) is 10.9 Å². The maximum absolute atomic E-state index is 12.4. The summed E-state index contributed by atoms with van der Waals surface area (Å²) >= 11 is 5.27. The van der Waals surface area contributed by atoms with Crippen LogP contribution in [0.25, 0.3) is 11.0 Å². The molecule has 1 aliphatic heterocycles. The Bertz CT molecular complexity index is 955. The molecule has 0 spiro atoms. The van der Waals surface area contributed by atoms with Crippen LogP contribution in [0.3, 0.4) is 0 Å². The fourth-order valence-corrected chi connectivity index (χ4v) is 3.65. The number of thiocarbonyl (C=S) groups is 1. The van der Waals surface area contributed by atoms with Gasteiger partial charge in [0, 0.05) is 29.9 Å². The molecular formula is C22H23N3O2S. The van der Waals surface area contributed by atoms with Gasteiger partial charge in [0.1, 0.15) is 5.58 Å². The number of piperidine rings is 1. The van der Waals surface area contributed by atoms with E-state index in [0.29, 0.717) is 5.58 Å². The van der Waals surface area contributed by atoms with Crippen molar-refractivity contribution < 1.29 is 9.21 Å². The molecule has 2 heterocycles. The van der Waals surface area contributed by atoms with Crippen molar-refractivity contribution in [1.82, 2.24) is 5.32 Å². The van der Waals surface area contributed by atoms with Crippen molar-refractivity contribution in [3.05, 3.63) is 60.4 Å². The minimum absolute atomic E-state index is 0.236. The van der Waals surface area contributed by atoms with E-state index in [1.54, 1.807) is 6.07 Å². The van der Waals surface area contributed by atoms with Gasteiger partial charge in [-0.15, -0.1) is 0 Å². The molecule has 0 unspecified atom stereocenters. The molecule has 1 aliphatic rings. The molecule has 0 atom stereocenters. The van der Waals surface area contributed by atoms with E-state index in [1.165, 1.54) is 18.5 Å². The normalized spacial score (nSPS) is 14.8. The number of rotatable bonds is 3. The summed E-state index contributed by atoms with van der Waals surface area (Å²) in [6.45, 7) is 4.50. The number of anilines is 2. The number of nitrogens with zero attached hydrogens (tertiary/aromatic N) is 1. The number of carbonyl (C=O) groups is 1. The second-order valence-electron chi connectivity index (χ2n) is 7.27. The molecule has 0 radical (unpaired) electrons. The molecular weight excluding hydrogens is 370 g/mol. The van der Waals surface area contributed by atoms with Crippen LogP contribution >= 0.6 is 12.2 Å². The van der Waals surface area contributed by atoms with E-state index in [2.05, 4.69) is 34.6 Å². The lowest BCUT2D eigenvalue weighted by Crippen LogP contribution is -2.34. The number of nitrogens with one attached hydrogen (secondary N) is 2. The fraction of sp³-hybridized carbons (Fsp3) is 0.273. The first-order chi connectivity index (χ1) is 13.6. The average molecular weight is 394 g/mol. The van der Waals surface area contributed by atoms with Crippen LogP contribution in [0.2, 0.25) is 0 Å². The van der Waals surface area contributed by atoms with Crippen LogP contribution in [0, 0.1) is 5.92 Å². The zero-order valence-corrected chi connectivity index (χ0v) is 16.6. The average Bonchev–Trinajstić information content (AvgIpc) is 3.14. The molecule has 1 fully saturated rings. The predicted molar refractivity (Wildman–Crippen MR) is 117 cm³/mol. The van der Waals surface area contributed by atoms with E-state index in [4.69, 9.17) is 16.6 Å². The van der Waals surface area contributed by atoms with Crippen molar-refractivity contribution in [2.24, 2.45) is 5.92 Å². The molecule has 0 saturated carbocycles. The van der Waals surface area contributed by atoms with Crippen molar-refractivity contribution in [1.29, 1.82) is 0 Å². The molecule has 1 amide bonds. The number of furan rings is 1. The summed E-state index contributed by atoms with van der Waals surface area (Å²) in [6, 6.07) is 17.3. The lowest BCUT2D eigenvalue weighted by Gasteiger charge is -2.32. The minimum Gasteiger partial charge on any atom is -0.451 e. The first-order valence-electron chi connectivity index (χ1n) is 9.54. The molecule has 4 rings (SSSR count). The highest BCUT2D eigenvalue weighted by atomic mass is 32.1. The van der Waals surface area contributed by atoms with Crippen molar-refractivity contribution in [2.45, 2.75) is 19.8 Å². The first-order valence-corrected chi connectivity index (χ1v) is 9.95. The molecule has 5 nitrogen and oxygen atoms in total. The number of fused-ring (bicyclic) bond motifs is 1. The quantitative estimate of drug-likeness (QED) is 0.626. The number of benzene rings is 2. The predicted octanol–water partition coefficient (Wildman–Crippen LogP) is 4.80. The number of carbonyl (C=O) groups excluding carboxylic acids is 1. The van der Waals surface area contributed by atoms with Crippen LogP contribution in [0.4, 0.5) is 11.4 Å². The molecule has 1 saturated heterocycles. The van der Waals surface area contributed by atoms with Crippen molar-refractivity contribution >= 4 is 45.6 Å². The molecule has 0 aliphatic carbocycles. The Morgan fingerprint density at radius 1 is 1.11 bits per heavy atom. The SMILES string of the molecule is CC1CCN(c2ccc(NC(=S)NC(=O)c3cc4ccccc4o3)cc2)CC1. The van der Waals surface area contributed by atoms with Gasteiger partial charge in [0.25, 0.3) is 5.91 Å². The monoisotopic (exact) mass is 393 g/mol. The van der Waals surface area contributed by atoms with Crippen molar-refractivity contribution in [2.75, 3.05) is 23.3 Å². The van der Waals surface area contributed by atoms with Crippen LogP contribution in [0.15, 0.2) is 59.0 Å². The summed E-state index contributed by atoms with van der Waals surface area (Å²) in [5.41, 5.74) is 2.73. The number of hydrogen-bond acceptors (Lipinski definition) is 4. The molecule has 3 aromatic rings. The van der Waals surface area contributed by atoms with Crippen LogP contribution in [-0.4, -0.2) is 24.1 Å². The van der Waals surface area contributed by atoms with Gasteiger partial charge in [-0.2, -0.15) is 0 Å². The Morgan fingerprint density at radius 2 is 1.82 bits per heavy atom. The summed E-state index contributed by atoms with van der Waals surface area (Å²) in [5.74, 6) is 0.678. The highest BCUT2D eigenvalue weighted by molar-refractivity contribution is 7.80. The van der Waals surface area contributed by atoms with Gasteiger partial charge >= 0.3 is 0 Å². The summed E-state index contributed by atoms with van der Waals surface area (Å²) in [5, 5.41) is 6.84. The fourth-order valence-electron chi connectivity index (χ4n) is 3.44. The maximum Gasteiger partial charge on any atom is 0.293 e. The lowest BCUT2D eigenvalue weighted by molar-refractivity contribution is 0.0953. The topological polar surface area (TPSA) is 57.5 Å². The van der Waals surface area contributed by atoms with Crippen LogP contribution in [0.1, 0.15) is 30.3 Å². The van der Waals surface area contributed by atoms with Gasteiger partial charge in [0.2, 0.25) is 0 Å². The zero-order valence-electron chi connectivity index (χ0n) is 15.8. The Labute approximate surface area is 169 Å². The standard InChI is InChI=1S/C22H23N3O2S/c1-15-10-12-25(13-11-15)18-8-6-17(7-9-18)23-22(28)24-21(26)20-14-16-4-2-3-5-19(16)27-20/h2-9,14-15H,10-13H2,1H3,(H2,23,24,26,28). The second kappa shape index (κ2) is 8.02. The Balaban J connectivity index is 1.34. The summed E-state index contributed by atoms with van der Waals surface area (Å²) in [4.78, 5) is 14.8. The Kier molecular flexibility index (Phi) is 5.30. The van der Waals surface area contributed by atoms with E-state index in [0.717, 1.165) is 30.1 Å². The van der Waals surface area contributed by atoms with Crippen molar-refractivity contribution in [3.63, 3.8) is 0 Å². The van der Waals surface area contributed by atoms with Gasteiger partial charge in [-0.25, -0.2) is 0 Å². The zero-order chi connectivity index (χ0) is 19.5. The van der Waals surface area contributed by atoms with E-state index >= 15 is 0 Å². The minimum atomic E-state index is -0.368. The number of amides is 1. The van der Waals surface area contributed by atoms with E-state index in [-0.39, 0.29) is 16.8 Å². The first kappa shape index (κ1) is 18.5. The van der Waals surface area contributed by atoms with Gasteiger partial charge in [-0.3, -0.25) is 10.1 Å². The van der Waals surface area contributed by atoms with E-state index < -0.39 is 0 Å². The largest absolute Gasteiger partial charge is 0.451 e. The Morgan fingerprint density at radius 3 is 2.54 bits per heavy atom. The molecule has 1 aromatic heterocycles. The third-order valence-electron chi connectivity index (χ3n) is 5.15. The third-order valence-corrected chi connectivity index (χ3v) is 5.35. The van der Waals surface area contributed by atoms with Crippen LogP contribution in [-0.2, 0) is 0 Å². The van der Waals surface area contributed by atoms with Gasteiger partial charge in [0.05, 0.1) is 0 Å². The molecule has 2 aromatic carbocycles. The molecule has 144 valence electrons. The highest BCUT2D eigenvalue weighted by Gasteiger charge is 2.16. The van der Waals surface area contributed by atoms with Crippen molar-refractivity contribution in [3.8, 4) is 0 Å². The van der Waals surface area contributed by atoms with E-state index in [1.807, 2.05) is 36.4 Å². The third kappa shape index (κ3) is 4.17. The molecule has 28 heavy (non-hydrogen) atoms. The highest BCUT2D eigenvalue weighted by Crippen LogP contribution is 2.24. The molecule has 6 heteroatoms. The Hall–Kier alpha value is -2.86. The van der Waals surface area contributed by atoms with Gasteiger partial charge in [-0.05, 0) is 67.4 Å². The summed E-state index contributed by atoms with van der Waals surface area (Å²) in [7, 11) is 0. The van der Waals surface area contributed by atoms with Gasteiger partial charge in [-0.1, -0.05) is 25.1 Å². The van der Waals surface area contributed by atoms with Gasteiger partial charge < -0.3 is 14.6 Å². The second-order valence-corrected chi connectivity index (χ2v) is 7.68. The van der Waals surface area contributed by atoms with Crippen LogP contribution < -0.4 is 15.5 Å². The summed E-state index contributed by atoms with van der Waals surface area (Å²) in [6.07, 6.45) is 2.47. The molecule has 0 bridgehead atoms. The maximum atomic E-state index is 12.4. The number of para-hydroxylation sites is 1. The molecule has 2 N–H and O–H groups in total. The summed E-state index contributed by atoms with van der Waals surface area (Å²) < 4.78 is 5.57. The van der Waals surface area contributed by atoms with Crippen LogP contribution in [0.5, 0.6) is 0 Å². The lowest BCUT2D eigenvalue weighted by atomic mass is 9.99. The smallest absolute Gasteiger partial charge is 0.293 e.